The molecule has 0 aromatic carbocycles. The lowest BCUT2D eigenvalue weighted by Crippen LogP contribution is -2.42. The van der Waals surface area contributed by atoms with Gasteiger partial charge in [0.2, 0.25) is 0 Å². The Morgan fingerprint density at radius 1 is 1.40 bits per heavy atom. The zero-order chi connectivity index (χ0) is 11.4. The second kappa shape index (κ2) is 5.64. The Hall–Kier alpha value is -0.380. The molecule has 0 aliphatic rings. The number of rotatable bonds is 5. The van der Waals surface area contributed by atoms with Gasteiger partial charge in [0.1, 0.15) is 0 Å². The van der Waals surface area contributed by atoms with Crippen molar-refractivity contribution in [3.05, 3.63) is 22.4 Å². The van der Waals surface area contributed by atoms with Crippen molar-refractivity contribution in [2.24, 2.45) is 5.73 Å². The fourth-order valence-electron chi connectivity index (χ4n) is 2.12. The van der Waals surface area contributed by atoms with Crippen LogP contribution in [0.15, 0.2) is 16.8 Å². The van der Waals surface area contributed by atoms with E-state index in [-0.39, 0.29) is 6.04 Å². The van der Waals surface area contributed by atoms with Crippen molar-refractivity contribution < 1.29 is 0 Å². The van der Waals surface area contributed by atoms with Gasteiger partial charge >= 0.3 is 0 Å². The molecule has 1 rings (SSSR count). The van der Waals surface area contributed by atoms with Crippen molar-refractivity contribution >= 4 is 11.3 Å². The van der Waals surface area contributed by atoms with E-state index in [0.29, 0.717) is 12.1 Å². The first-order valence-corrected chi connectivity index (χ1v) is 6.55. The van der Waals surface area contributed by atoms with Crippen LogP contribution in [-0.2, 0) is 0 Å². The summed E-state index contributed by atoms with van der Waals surface area (Å²) in [6.45, 7) is 9.78. The summed E-state index contributed by atoms with van der Waals surface area (Å²) in [5.41, 5.74) is 7.46. The van der Waals surface area contributed by atoms with Crippen LogP contribution in [-0.4, -0.2) is 23.5 Å². The molecule has 2 nitrogen and oxygen atoms in total. The molecule has 0 radical (unpaired) electrons. The van der Waals surface area contributed by atoms with Gasteiger partial charge in [-0.25, -0.2) is 0 Å². The van der Waals surface area contributed by atoms with Crippen LogP contribution in [0, 0.1) is 0 Å². The molecule has 2 unspecified atom stereocenters. The van der Waals surface area contributed by atoms with Gasteiger partial charge in [-0.05, 0) is 49.7 Å². The third kappa shape index (κ3) is 3.03. The largest absolute Gasteiger partial charge is 0.326 e. The van der Waals surface area contributed by atoms with Gasteiger partial charge in [-0.2, -0.15) is 11.3 Å². The third-order valence-electron chi connectivity index (χ3n) is 2.77. The molecule has 2 atom stereocenters. The summed E-state index contributed by atoms with van der Waals surface area (Å²) in [4.78, 5) is 2.45. The number of nitrogens with zero attached hydrogens (tertiary/aromatic N) is 1. The van der Waals surface area contributed by atoms with Crippen LogP contribution >= 0.6 is 11.3 Å². The van der Waals surface area contributed by atoms with Gasteiger partial charge in [-0.1, -0.05) is 6.92 Å². The van der Waals surface area contributed by atoms with Crippen LogP contribution in [0.4, 0.5) is 0 Å². The van der Waals surface area contributed by atoms with Crippen LogP contribution in [0.25, 0.3) is 0 Å². The van der Waals surface area contributed by atoms with Crippen molar-refractivity contribution in [2.75, 3.05) is 6.54 Å². The number of thiophene rings is 1. The third-order valence-corrected chi connectivity index (χ3v) is 3.47. The number of nitrogens with two attached hydrogens (primary N) is 1. The van der Waals surface area contributed by atoms with Crippen molar-refractivity contribution in [2.45, 2.75) is 45.8 Å². The molecule has 0 fully saturated rings. The Balaban J connectivity index is 2.91. The molecule has 0 amide bonds. The Morgan fingerprint density at radius 2 is 2.07 bits per heavy atom. The van der Waals surface area contributed by atoms with Crippen LogP contribution in [0.5, 0.6) is 0 Å². The predicted octanol–water partition coefficient (Wildman–Crippen LogP) is 2.87. The summed E-state index contributed by atoms with van der Waals surface area (Å²) in [7, 11) is 0. The average Bonchev–Trinajstić information content (AvgIpc) is 2.64. The summed E-state index contributed by atoms with van der Waals surface area (Å²) in [6.07, 6.45) is 0. The average molecular weight is 226 g/mol. The maximum absolute atomic E-state index is 6.11. The smallest absolute Gasteiger partial charge is 0.0507 e. The maximum atomic E-state index is 6.11. The standard InChI is InChI=1S/C12H22N2S/c1-5-14(9(2)3)12(10(4)13)11-6-7-15-8-11/h6-10,12H,5,13H2,1-4H3. The highest BCUT2D eigenvalue weighted by Gasteiger charge is 2.24. The lowest BCUT2D eigenvalue weighted by Gasteiger charge is -2.36. The minimum absolute atomic E-state index is 0.168. The molecule has 0 saturated carbocycles. The monoisotopic (exact) mass is 226 g/mol. The van der Waals surface area contributed by atoms with Crippen molar-refractivity contribution in [1.82, 2.24) is 4.90 Å². The topological polar surface area (TPSA) is 29.3 Å². The Labute approximate surface area is 97.1 Å². The van der Waals surface area contributed by atoms with Crippen molar-refractivity contribution in [3.63, 3.8) is 0 Å². The van der Waals surface area contributed by atoms with E-state index in [4.69, 9.17) is 5.73 Å². The van der Waals surface area contributed by atoms with Gasteiger partial charge in [0.25, 0.3) is 0 Å². The highest BCUT2D eigenvalue weighted by Crippen LogP contribution is 2.26. The molecule has 0 saturated heterocycles. The fourth-order valence-corrected chi connectivity index (χ4v) is 2.81. The highest BCUT2D eigenvalue weighted by atomic mass is 32.1. The quantitative estimate of drug-likeness (QED) is 0.836. The van der Waals surface area contributed by atoms with Crippen LogP contribution < -0.4 is 5.73 Å². The van der Waals surface area contributed by atoms with E-state index in [9.17, 15) is 0 Å². The predicted molar refractivity (Wildman–Crippen MR) is 68.2 cm³/mol. The maximum Gasteiger partial charge on any atom is 0.0507 e. The van der Waals surface area contributed by atoms with Gasteiger partial charge < -0.3 is 5.73 Å². The molecule has 2 N–H and O–H groups in total. The summed E-state index contributed by atoms with van der Waals surface area (Å²) >= 11 is 1.74. The van der Waals surface area contributed by atoms with Crippen LogP contribution in [0.2, 0.25) is 0 Å². The second-order valence-corrected chi connectivity index (χ2v) is 5.06. The first kappa shape index (κ1) is 12.7. The fraction of sp³-hybridized carbons (Fsp3) is 0.667. The first-order valence-electron chi connectivity index (χ1n) is 5.61. The molecule has 0 bridgehead atoms. The van der Waals surface area contributed by atoms with Gasteiger partial charge in [0, 0.05) is 12.1 Å². The first-order chi connectivity index (χ1) is 7.07. The van der Waals surface area contributed by atoms with Gasteiger partial charge in [0.15, 0.2) is 0 Å². The number of hydrogen-bond donors (Lipinski definition) is 1. The minimum Gasteiger partial charge on any atom is -0.326 e. The minimum atomic E-state index is 0.168. The van der Waals surface area contributed by atoms with E-state index in [1.165, 1.54) is 5.56 Å². The summed E-state index contributed by atoms with van der Waals surface area (Å²) < 4.78 is 0. The molecule has 0 aliphatic carbocycles. The molecule has 1 aromatic heterocycles. The molecule has 1 heterocycles. The molecule has 3 heteroatoms. The molecular weight excluding hydrogens is 204 g/mol. The number of hydrogen-bond acceptors (Lipinski definition) is 3. The van der Waals surface area contributed by atoms with Gasteiger partial charge in [0.05, 0.1) is 6.04 Å². The molecule has 1 aromatic rings. The van der Waals surface area contributed by atoms with Crippen LogP contribution in [0.3, 0.4) is 0 Å². The SMILES string of the molecule is CCN(C(C)C)C(c1ccsc1)C(C)N. The van der Waals surface area contributed by atoms with Gasteiger partial charge in [-0.15, -0.1) is 0 Å². The van der Waals surface area contributed by atoms with Crippen molar-refractivity contribution in [3.8, 4) is 0 Å². The molecule has 0 aliphatic heterocycles. The Morgan fingerprint density at radius 3 is 2.40 bits per heavy atom. The van der Waals surface area contributed by atoms with Crippen LogP contribution in [0.1, 0.15) is 39.3 Å². The summed E-state index contributed by atoms with van der Waals surface area (Å²) in [5.74, 6) is 0. The van der Waals surface area contributed by atoms with E-state index in [1.807, 2.05) is 0 Å². The number of likely N-dealkylation sites (N-methyl/N-ethyl adjacent to an activating group) is 1. The van der Waals surface area contributed by atoms with E-state index in [2.05, 4.69) is 49.4 Å². The lowest BCUT2D eigenvalue weighted by atomic mass is 10.0. The Bertz CT molecular complexity index is 267. The zero-order valence-electron chi connectivity index (χ0n) is 10.1. The summed E-state index contributed by atoms with van der Waals surface area (Å²) in [6, 6.07) is 3.23. The Kier molecular flexibility index (Phi) is 4.77. The van der Waals surface area contributed by atoms with Gasteiger partial charge in [-0.3, -0.25) is 4.90 Å². The van der Waals surface area contributed by atoms with Crippen molar-refractivity contribution in [1.29, 1.82) is 0 Å². The normalized spacial score (nSPS) is 15.9. The summed E-state index contributed by atoms with van der Waals surface area (Å²) in [5, 5.41) is 4.33. The van der Waals surface area contributed by atoms with E-state index in [0.717, 1.165) is 6.54 Å². The second-order valence-electron chi connectivity index (χ2n) is 4.28. The molecular formula is C12H22N2S. The lowest BCUT2D eigenvalue weighted by molar-refractivity contribution is 0.144. The highest BCUT2D eigenvalue weighted by molar-refractivity contribution is 7.07. The van der Waals surface area contributed by atoms with E-state index < -0.39 is 0 Å². The zero-order valence-corrected chi connectivity index (χ0v) is 10.9. The van der Waals surface area contributed by atoms with E-state index in [1.54, 1.807) is 11.3 Å². The molecule has 15 heavy (non-hydrogen) atoms. The van der Waals surface area contributed by atoms with E-state index >= 15 is 0 Å². The molecule has 86 valence electrons. The molecule has 0 spiro atoms.